The summed E-state index contributed by atoms with van der Waals surface area (Å²) in [6, 6.07) is 9.35. The molecule has 198 valence electrons. The molecule has 0 aliphatic carbocycles. The summed E-state index contributed by atoms with van der Waals surface area (Å²) in [5.41, 5.74) is -1.64. The summed E-state index contributed by atoms with van der Waals surface area (Å²) in [5.74, 6) is -6.12. The second kappa shape index (κ2) is 10.2. The average Bonchev–Trinajstić information content (AvgIpc) is 2.86. The number of halogens is 2. The topological polar surface area (TPSA) is 167 Å². The van der Waals surface area contributed by atoms with Crippen LogP contribution >= 0.6 is 0 Å². The minimum Gasteiger partial charge on any atom is -0.507 e. The van der Waals surface area contributed by atoms with Crippen LogP contribution in [0.15, 0.2) is 57.7 Å². The smallest absolute Gasteiger partial charge is 0.387 e. The molecule has 12 heteroatoms. The Morgan fingerprint density at radius 2 is 1.68 bits per heavy atom. The fraction of sp³-hybridized carbons (Fsp3) is 0.154. The molecule has 0 unspecified atom stereocenters. The molecule has 1 atom stereocenters. The molecule has 0 aliphatic rings. The van der Waals surface area contributed by atoms with Gasteiger partial charge in [0.1, 0.15) is 28.2 Å². The number of ether oxygens (including phenoxy) is 2. The summed E-state index contributed by atoms with van der Waals surface area (Å²) >= 11 is 0. The van der Waals surface area contributed by atoms with Crippen molar-refractivity contribution in [3.63, 3.8) is 0 Å². The number of benzene rings is 3. The average molecular weight is 530 g/mol. The highest BCUT2D eigenvalue weighted by Gasteiger charge is 2.30. The Balaban J connectivity index is 2.05. The molecular weight excluding hydrogens is 510 g/mol. The lowest BCUT2D eigenvalue weighted by Crippen LogP contribution is -2.13. The summed E-state index contributed by atoms with van der Waals surface area (Å²) in [6.07, 6.45) is -0.470. The van der Waals surface area contributed by atoms with Gasteiger partial charge in [0.2, 0.25) is 11.2 Å². The molecule has 38 heavy (non-hydrogen) atoms. The normalized spacial score (nSPS) is 12.0. The molecule has 1 heterocycles. The zero-order valence-electron chi connectivity index (χ0n) is 19.5. The van der Waals surface area contributed by atoms with Crippen molar-refractivity contribution in [1.29, 1.82) is 0 Å². The van der Waals surface area contributed by atoms with Crippen LogP contribution in [0.5, 0.6) is 34.5 Å². The number of hydrogen-bond acceptors (Lipinski definition) is 10. The Labute approximate surface area is 212 Å². The van der Waals surface area contributed by atoms with Crippen LogP contribution in [0, 0.1) is 0 Å². The van der Waals surface area contributed by atoms with E-state index < -0.39 is 75.8 Å². The first-order chi connectivity index (χ1) is 18.0. The van der Waals surface area contributed by atoms with Crippen molar-refractivity contribution < 1.29 is 53.0 Å². The van der Waals surface area contributed by atoms with Crippen molar-refractivity contribution in [2.75, 3.05) is 7.11 Å². The Morgan fingerprint density at radius 1 is 0.947 bits per heavy atom. The van der Waals surface area contributed by atoms with Crippen molar-refractivity contribution in [1.82, 2.24) is 0 Å². The lowest BCUT2D eigenvalue weighted by molar-refractivity contribution is -0.140. The predicted octanol–water partition coefficient (Wildman–Crippen LogP) is 4.28. The summed E-state index contributed by atoms with van der Waals surface area (Å²) in [4.78, 5) is 25.4. The summed E-state index contributed by atoms with van der Waals surface area (Å²) < 4.78 is 40.6. The fourth-order valence-electron chi connectivity index (χ4n) is 4.09. The van der Waals surface area contributed by atoms with Crippen LogP contribution in [0.2, 0.25) is 0 Å². The zero-order valence-corrected chi connectivity index (χ0v) is 19.5. The molecule has 3 aromatic carbocycles. The summed E-state index contributed by atoms with van der Waals surface area (Å²) in [7, 11) is 1.11. The molecule has 0 spiro atoms. The highest BCUT2D eigenvalue weighted by molar-refractivity contribution is 5.92. The summed E-state index contributed by atoms with van der Waals surface area (Å²) in [5, 5.41) is 50.8. The van der Waals surface area contributed by atoms with Crippen LogP contribution in [0.1, 0.15) is 23.5 Å². The molecule has 0 saturated heterocycles. The third kappa shape index (κ3) is 4.83. The van der Waals surface area contributed by atoms with E-state index in [1.807, 2.05) is 0 Å². The molecule has 4 aromatic rings. The van der Waals surface area contributed by atoms with Gasteiger partial charge in [-0.25, -0.2) is 0 Å². The second-order valence-corrected chi connectivity index (χ2v) is 8.13. The van der Waals surface area contributed by atoms with E-state index in [1.54, 1.807) is 0 Å². The number of phenols is 4. The number of phenolic OH excluding ortho intramolecular Hbond substituents is 4. The Bertz CT molecular complexity index is 1600. The van der Waals surface area contributed by atoms with Gasteiger partial charge in [-0.05, 0) is 35.9 Å². The number of carbonyl (C=O) groups excluding carboxylic acids is 1. The first-order valence-corrected chi connectivity index (χ1v) is 10.9. The molecule has 0 bridgehead atoms. The maximum Gasteiger partial charge on any atom is 0.387 e. The minimum atomic E-state index is -3.14. The molecule has 10 nitrogen and oxygen atoms in total. The molecule has 5 N–H and O–H groups in total. The lowest BCUT2D eigenvalue weighted by Gasteiger charge is -2.21. The van der Waals surface area contributed by atoms with Crippen LogP contribution < -0.4 is 10.2 Å². The van der Waals surface area contributed by atoms with Crippen LogP contribution in [0.3, 0.4) is 0 Å². The SMILES string of the molecule is COC(=O)C[C@@H](c1cccc(OC(F)F)c1)c1c(O)cc(O)c2c(=O)c(O)c(-c3ccc(O)c(O)c3)oc12. The maximum absolute atomic E-state index is 13.1. The van der Waals surface area contributed by atoms with Crippen LogP contribution in [-0.4, -0.2) is 45.2 Å². The largest absolute Gasteiger partial charge is 0.507 e. The molecule has 0 saturated carbocycles. The summed E-state index contributed by atoms with van der Waals surface area (Å²) in [6.45, 7) is -3.14. The number of aromatic hydroxyl groups is 5. The van der Waals surface area contributed by atoms with Gasteiger partial charge in [-0.2, -0.15) is 8.78 Å². The standard InChI is InChI=1S/C26H20F2O10/c1-36-19(33)9-14(11-3-2-4-13(7-11)37-26(27)28)20-17(31)10-18(32)21-22(34)23(35)24(38-25(20)21)12-5-6-15(29)16(30)8-12/h2-8,10,14,26,29-32,35H,9H2,1H3/t14-/m0/s1. The van der Waals surface area contributed by atoms with E-state index in [0.717, 1.165) is 25.3 Å². The van der Waals surface area contributed by atoms with Crippen LogP contribution in [-0.2, 0) is 9.53 Å². The molecule has 1 aromatic heterocycles. The number of alkyl halides is 2. The highest BCUT2D eigenvalue weighted by atomic mass is 19.3. The van der Waals surface area contributed by atoms with E-state index >= 15 is 0 Å². The molecule has 0 radical (unpaired) electrons. The number of esters is 1. The number of hydrogen-bond donors (Lipinski definition) is 5. The molecule has 0 amide bonds. The number of fused-ring (bicyclic) bond motifs is 1. The Morgan fingerprint density at radius 3 is 2.34 bits per heavy atom. The first-order valence-electron chi connectivity index (χ1n) is 10.9. The van der Waals surface area contributed by atoms with E-state index in [2.05, 4.69) is 4.74 Å². The van der Waals surface area contributed by atoms with Crippen molar-refractivity contribution in [3.05, 3.63) is 69.9 Å². The van der Waals surface area contributed by atoms with Crippen molar-refractivity contribution >= 4 is 16.9 Å². The number of rotatable bonds is 7. The second-order valence-electron chi connectivity index (χ2n) is 8.13. The maximum atomic E-state index is 13.1. The van der Waals surface area contributed by atoms with E-state index in [1.165, 1.54) is 30.3 Å². The van der Waals surface area contributed by atoms with Gasteiger partial charge in [0, 0.05) is 23.1 Å². The zero-order chi connectivity index (χ0) is 27.7. The van der Waals surface area contributed by atoms with Gasteiger partial charge >= 0.3 is 12.6 Å². The van der Waals surface area contributed by atoms with Crippen LogP contribution in [0.4, 0.5) is 8.78 Å². The molecular formula is C26H20F2O10. The minimum absolute atomic E-state index is 0.0533. The van der Waals surface area contributed by atoms with E-state index in [-0.39, 0.29) is 22.4 Å². The van der Waals surface area contributed by atoms with E-state index in [0.29, 0.717) is 0 Å². The quantitative estimate of drug-likeness (QED) is 0.172. The first kappa shape index (κ1) is 26.1. The number of carbonyl (C=O) groups is 1. The Kier molecular flexibility index (Phi) is 6.98. The lowest BCUT2D eigenvalue weighted by atomic mass is 9.86. The van der Waals surface area contributed by atoms with Crippen molar-refractivity contribution in [3.8, 4) is 45.8 Å². The van der Waals surface area contributed by atoms with Gasteiger partial charge < -0.3 is 39.4 Å². The third-order valence-corrected chi connectivity index (χ3v) is 5.81. The van der Waals surface area contributed by atoms with Crippen molar-refractivity contribution in [2.45, 2.75) is 19.0 Å². The van der Waals surface area contributed by atoms with Gasteiger partial charge in [0.25, 0.3) is 0 Å². The van der Waals surface area contributed by atoms with Gasteiger partial charge in [0.15, 0.2) is 17.3 Å². The van der Waals surface area contributed by atoms with Crippen molar-refractivity contribution in [2.24, 2.45) is 0 Å². The van der Waals surface area contributed by atoms with Gasteiger partial charge in [-0.3, -0.25) is 9.59 Å². The molecule has 4 rings (SSSR count). The molecule has 0 fully saturated rings. The third-order valence-electron chi connectivity index (χ3n) is 5.81. The predicted molar refractivity (Wildman–Crippen MR) is 128 cm³/mol. The highest BCUT2D eigenvalue weighted by Crippen LogP contribution is 2.45. The van der Waals surface area contributed by atoms with Crippen LogP contribution in [0.25, 0.3) is 22.3 Å². The Hall–Kier alpha value is -5.00. The van der Waals surface area contributed by atoms with Gasteiger partial charge in [-0.1, -0.05) is 12.1 Å². The van der Waals surface area contributed by atoms with E-state index in [9.17, 15) is 43.9 Å². The molecule has 0 aliphatic heterocycles. The van der Waals surface area contributed by atoms with Gasteiger partial charge in [-0.15, -0.1) is 0 Å². The number of methoxy groups -OCH3 is 1. The fourth-order valence-corrected chi connectivity index (χ4v) is 4.09. The van der Waals surface area contributed by atoms with E-state index in [4.69, 9.17) is 9.15 Å². The van der Waals surface area contributed by atoms with Gasteiger partial charge in [0.05, 0.1) is 13.5 Å². The monoisotopic (exact) mass is 530 g/mol.